The molecule has 0 spiro atoms. The molecule has 5 rings (SSSR count). The highest BCUT2D eigenvalue weighted by Gasteiger charge is 2.29. The monoisotopic (exact) mass is 409 g/mol. The molecule has 0 unspecified atom stereocenters. The van der Waals surface area contributed by atoms with Gasteiger partial charge in [-0.3, -0.25) is 4.90 Å². The van der Waals surface area contributed by atoms with Gasteiger partial charge in [-0.2, -0.15) is 4.37 Å². The standard InChI is InChI=1S/C23H27N3O2S/c1-27-20-14-17-13-16(19(17)15-21(20)28-2)7-8-25-9-11-26(12-10-25)23-18-5-3-4-6-22(18)29-24-23/h3-6,14-16H,7-13H2,1-2H3/t16-/m0/s1. The summed E-state index contributed by atoms with van der Waals surface area (Å²) in [6.07, 6.45) is 2.36. The van der Waals surface area contributed by atoms with Gasteiger partial charge in [0.25, 0.3) is 0 Å². The maximum Gasteiger partial charge on any atom is 0.161 e. The zero-order valence-electron chi connectivity index (χ0n) is 17.1. The molecule has 0 saturated carbocycles. The number of rotatable bonds is 6. The Bertz CT molecular complexity index is 1010. The lowest BCUT2D eigenvalue weighted by Crippen LogP contribution is -2.47. The maximum atomic E-state index is 5.48. The molecule has 0 amide bonds. The van der Waals surface area contributed by atoms with Gasteiger partial charge in [-0.1, -0.05) is 12.1 Å². The van der Waals surface area contributed by atoms with Crippen LogP contribution in [0.25, 0.3) is 10.1 Å². The minimum absolute atomic E-state index is 0.644. The molecule has 2 aromatic carbocycles. The van der Waals surface area contributed by atoms with Crippen molar-refractivity contribution >= 4 is 27.4 Å². The highest BCUT2D eigenvalue weighted by Crippen LogP contribution is 2.43. The first-order chi connectivity index (χ1) is 14.3. The number of anilines is 1. The van der Waals surface area contributed by atoms with Crippen LogP contribution in [0.1, 0.15) is 23.5 Å². The quantitative estimate of drug-likeness (QED) is 0.611. The fourth-order valence-electron chi connectivity index (χ4n) is 4.62. The van der Waals surface area contributed by atoms with Crippen molar-refractivity contribution in [3.8, 4) is 11.5 Å². The molecule has 1 atom stereocenters. The van der Waals surface area contributed by atoms with E-state index in [1.165, 1.54) is 33.5 Å². The summed E-state index contributed by atoms with van der Waals surface area (Å²) in [5.74, 6) is 3.50. The summed E-state index contributed by atoms with van der Waals surface area (Å²) in [7, 11) is 3.41. The topological polar surface area (TPSA) is 37.8 Å². The van der Waals surface area contributed by atoms with Gasteiger partial charge in [0.05, 0.1) is 18.9 Å². The van der Waals surface area contributed by atoms with Crippen molar-refractivity contribution in [2.24, 2.45) is 0 Å². The van der Waals surface area contributed by atoms with Crippen molar-refractivity contribution in [1.29, 1.82) is 0 Å². The fraction of sp³-hybridized carbons (Fsp3) is 0.435. The lowest BCUT2D eigenvalue weighted by molar-refractivity contribution is 0.244. The highest BCUT2D eigenvalue weighted by molar-refractivity contribution is 7.13. The molecule has 3 aromatic rings. The van der Waals surface area contributed by atoms with Crippen molar-refractivity contribution in [2.45, 2.75) is 18.8 Å². The molecule has 152 valence electrons. The van der Waals surface area contributed by atoms with Crippen LogP contribution in [0, 0.1) is 0 Å². The van der Waals surface area contributed by atoms with Gasteiger partial charge in [0, 0.05) is 31.6 Å². The SMILES string of the molecule is COc1cc2c(cc1OC)[C@@H](CCN1CCN(c3nsc4ccccc34)CC1)C2. The molecule has 29 heavy (non-hydrogen) atoms. The molecule has 1 aliphatic carbocycles. The molecule has 2 heterocycles. The van der Waals surface area contributed by atoms with Crippen LogP contribution in [0.15, 0.2) is 36.4 Å². The van der Waals surface area contributed by atoms with Crippen LogP contribution in [-0.2, 0) is 6.42 Å². The molecule has 0 radical (unpaired) electrons. The summed E-state index contributed by atoms with van der Waals surface area (Å²) < 4.78 is 16.9. The van der Waals surface area contributed by atoms with Gasteiger partial charge in [0.15, 0.2) is 11.5 Å². The molecule has 5 nitrogen and oxygen atoms in total. The van der Waals surface area contributed by atoms with Crippen molar-refractivity contribution in [1.82, 2.24) is 9.27 Å². The predicted molar refractivity (Wildman–Crippen MR) is 119 cm³/mol. The average molecular weight is 410 g/mol. The molecule has 1 aliphatic heterocycles. The van der Waals surface area contributed by atoms with Crippen molar-refractivity contribution in [3.63, 3.8) is 0 Å². The van der Waals surface area contributed by atoms with E-state index < -0.39 is 0 Å². The van der Waals surface area contributed by atoms with Gasteiger partial charge in [-0.25, -0.2) is 0 Å². The Labute approximate surface area is 176 Å². The summed E-state index contributed by atoms with van der Waals surface area (Å²) in [5, 5.41) is 1.29. The van der Waals surface area contributed by atoms with Crippen molar-refractivity contribution < 1.29 is 9.47 Å². The van der Waals surface area contributed by atoms with E-state index in [9.17, 15) is 0 Å². The fourth-order valence-corrected chi connectivity index (χ4v) is 5.41. The van der Waals surface area contributed by atoms with Gasteiger partial charge in [-0.05, 0) is 72.2 Å². The van der Waals surface area contributed by atoms with Crippen LogP contribution in [0.3, 0.4) is 0 Å². The van der Waals surface area contributed by atoms with E-state index in [0.29, 0.717) is 5.92 Å². The van der Waals surface area contributed by atoms with Gasteiger partial charge in [0.2, 0.25) is 0 Å². The summed E-state index contributed by atoms with van der Waals surface area (Å²) in [4.78, 5) is 5.05. The van der Waals surface area contributed by atoms with Crippen molar-refractivity contribution in [3.05, 3.63) is 47.5 Å². The number of ether oxygens (including phenoxy) is 2. The van der Waals surface area contributed by atoms with E-state index in [0.717, 1.165) is 50.6 Å². The van der Waals surface area contributed by atoms with Gasteiger partial charge < -0.3 is 14.4 Å². The average Bonchev–Trinajstić information content (AvgIpc) is 3.19. The van der Waals surface area contributed by atoms with Crippen LogP contribution < -0.4 is 14.4 Å². The summed E-state index contributed by atoms with van der Waals surface area (Å²) in [6, 6.07) is 12.9. The Balaban J connectivity index is 1.16. The predicted octanol–water partition coefficient (Wildman–Crippen LogP) is 4.17. The minimum Gasteiger partial charge on any atom is -0.493 e. The second kappa shape index (κ2) is 7.84. The highest BCUT2D eigenvalue weighted by atomic mass is 32.1. The van der Waals surface area contributed by atoms with Gasteiger partial charge >= 0.3 is 0 Å². The minimum atomic E-state index is 0.644. The van der Waals surface area contributed by atoms with E-state index >= 15 is 0 Å². The van der Waals surface area contributed by atoms with E-state index in [1.807, 2.05) is 0 Å². The number of methoxy groups -OCH3 is 2. The summed E-state index contributed by atoms with van der Waals surface area (Å²) >= 11 is 1.61. The smallest absolute Gasteiger partial charge is 0.161 e. The first kappa shape index (κ1) is 18.7. The second-order valence-corrected chi connectivity index (χ2v) is 8.73. The van der Waals surface area contributed by atoms with Crippen LogP contribution in [0.4, 0.5) is 5.82 Å². The third-order valence-electron chi connectivity index (χ3n) is 6.38. The number of hydrogen-bond donors (Lipinski definition) is 0. The van der Waals surface area contributed by atoms with E-state index in [1.54, 1.807) is 25.8 Å². The Morgan fingerprint density at radius 3 is 2.59 bits per heavy atom. The number of hydrogen-bond acceptors (Lipinski definition) is 6. The first-order valence-corrected chi connectivity index (χ1v) is 11.1. The largest absolute Gasteiger partial charge is 0.493 e. The van der Waals surface area contributed by atoms with Gasteiger partial charge in [0.1, 0.15) is 5.82 Å². The summed E-state index contributed by atoms with van der Waals surface area (Å²) in [6.45, 7) is 5.48. The lowest BCUT2D eigenvalue weighted by atomic mass is 9.75. The van der Waals surface area contributed by atoms with E-state index in [2.05, 4.69) is 46.2 Å². The molecule has 2 aliphatic rings. The van der Waals surface area contributed by atoms with E-state index in [4.69, 9.17) is 13.8 Å². The second-order valence-electron chi connectivity index (χ2n) is 7.93. The summed E-state index contributed by atoms with van der Waals surface area (Å²) in [5.41, 5.74) is 2.85. The number of benzene rings is 2. The molecule has 1 fully saturated rings. The van der Waals surface area contributed by atoms with E-state index in [-0.39, 0.29) is 0 Å². The van der Waals surface area contributed by atoms with Crippen LogP contribution in [0.2, 0.25) is 0 Å². The molecular weight excluding hydrogens is 382 g/mol. The number of piperazine rings is 1. The maximum absolute atomic E-state index is 5.48. The zero-order valence-corrected chi connectivity index (χ0v) is 17.9. The Morgan fingerprint density at radius 1 is 1.03 bits per heavy atom. The Hall–Kier alpha value is -2.31. The lowest BCUT2D eigenvalue weighted by Gasteiger charge is -2.37. The number of fused-ring (bicyclic) bond motifs is 2. The first-order valence-electron chi connectivity index (χ1n) is 10.3. The molecule has 0 N–H and O–H groups in total. The Morgan fingerprint density at radius 2 is 1.79 bits per heavy atom. The molecule has 6 heteroatoms. The van der Waals surface area contributed by atoms with Crippen LogP contribution in [0.5, 0.6) is 11.5 Å². The third-order valence-corrected chi connectivity index (χ3v) is 7.19. The number of nitrogens with zero attached hydrogens (tertiary/aromatic N) is 3. The van der Waals surface area contributed by atoms with Gasteiger partial charge in [-0.15, -0.1) is 0 Å². The normalized spacial score (nSPS) is 19.1. The molecule has 0 bridgehead atoms. The van der Waals surface area contributed by atoms with Crippen LogP contribution >= 0.6 is 11.5 Å². The molecule has 1 saturated heterocycles. The van der Waals surface area contributed by atoms with Crippen molar-refractivity contribution in [2.75, 3.05) is 51.8 Å². The number of aromatic nitrogens is 1. The zero-order chi connectivity index (χ0) is 19.8. The molecular formula is C23H27N3O2S. The third kappa shape index (κ3) is 3.45. The van der Waals surface area contributed by atoms with Crippen LogP contribution in [-0.4, -0.2) is 56.2 Å². The Kier molecular flexibility index (Phi) is 5.06. The molecule has 1 aromatic heterocycles.